The lowest BCUT2D eigenvalue weighted by Gasteiger charge is -2.05. The van der Waals surface area contributed by atoms with Crippen molar-refractivity contribution in [1.82, 2.24) is 5.32 Å². The van der Waals surface area contributed by atoms with Crippen LogP contribution < -0.4 is 11.1 Å². The van der Waals surface area contributed by atoms with E-state index in [0.717, 1.165) is 5.56 Å². The van der Waals surface area contributed by atoms with E-state index in [1.165, 1.54) is 11.1 Å². The zero-order valence-corrected chi connectivity index (χ0v) is 9.48. The molecule has 2 aromatic rings. The maximum atomic E-state index is 7.09. The van der Waals surface area contributed by atoms with Crippen LogP contribution in [0.25, 0.3) is 11.1 Å². The SMILES string of the molecule is N=C(N)NCc1ccc(-c2ccccc2)cc1. The number of hydrogen-bond acceptors (Lipinski definition) is 1. The van der Waals surface area contributed by atoms with Crippen molar-refractivity contribution in [3.8, 4) is 11.1 Å². The first-order chi connectivity index (χ1) is 8.25. The van der Waals surface area contributed by atoms with Gasteiger partial charge in [-0.1, -0.05) is 54.6 Å². The largest absolute Gasteiger partial charge is 0.370 e. The highest BCUT2D eigenvalue weighted by atomic mass is 15.0. The molecule has 3 nitrogen and oxygen atoms in total. The maximum absolute atomic E-state index is 7.09. The van der Waals surface area contributed by atoms with E-state index in [1.807, 2.05) is 30.3 Å². The zero-order valence-electron chi connectivity index (χ0n) is 9.48. The fourth-order valence-electron chi connectivity index (χ4n) is 1.64. The second-order valence-electron chi connectivity index (χ2n) is 3.83. The topological polar surface area (TPSA) is 61.9 Å². The molecule has 3 heteroatoms. The molecule has 0 saturated carbocycles. The van der Waals surface area contributed by atoms with E-state index in [0.29, 0.717) is 6.54 Å². The fraction of sp³-hybridized carbons (Fsp3) is 0.0714. The van der Waals surface area contributed by atoms with Gasteiger partial charge in [0.25, 0.3) is 0 Å². The van der Waals surface area contributed by atoms with Crippen LogP contribution >= 0.6 is 0 Å². The van der Waals surface area contributed by atoms with Gasteiger partial charge in [-0.15, -0.1) is 0 Å². The number of nitrogens with one attached hydrogen (secondary N) is 2. The van der Waals surface area contributed by atoms with Gasteiger partial charge in [-0.2, -0.15) is 0 Å². The Labute approximate surface area is 101 Å². The molecule has 0 heterocycles. The average molecular weight is 225 g/mol. The first-order valence-electron chi connectivity index (χ1n) is 5.48. The van der Waals surface area contributed by atoms with Gasteiger partial charge < -0.3 is 11.1 Å². The minimum absolute atomic E-state index is 0.00265. The smallest absolute Gasteiger partial charge is 0.185 e. The Hall–Kier alpha value is -2.29. The van der Waals surface area contributed by atoms with Gasteiger partial charge in [0, 0.05) is 6.54 Å². The number of rotatable bonds is 3. The molecule has 0 saturated heterocycles. The molecule has 0 atom stereocenters. The van der Waals surface area contributed by atoms with Gasteiger partial charge in [-0.3, -0.25) is 5.41 Å². The molecule has 2 rings (SSSR count). The predicted molar refractivity (Wildman–Crippen MR) is 70.6 cm³/mol. The number of hydrogen-bond donors (Lipinski definition) is 3. The van der Waals surface area contributed by atoms with E-state index >= 15 is 0 Å². The van der Waals surface area contributed by atoms with Crippen molar-refractivity contribution in [3.63, 3.8) is 0 Å². The molecule has 86 valence electrons. The predicted octanol–water partition coefficient (Wildman–Crippen LogP) is 2.34. The van der Waals surface area contributed by atoms with Crippen molar-refractivity contribution in [2.75, 3.05) is 0 Å². The van der Waals surface area contributed by atoms with Gasteiger partial charge in [0.2, 0.25) is 0 Å². The Morgan fingerprint density at radius 1 is 0.941 bits per heavy atom. The lowest BCUT2D eigenvalue weighted by atomic mass is 10.0. The monoisotopic (exact) mass is 225 g/mol. The summed E-state index contributed by atoms with van der Waals surface area (Å²) in [5, 5.41) is 9.87. The zero-order chi connectivity index (χ0) is 12.1. The van der Waals surface area contributed by atoms with Gasteiger partial charge in [0.15, 0.2) is 5.96 Å². The highest BCUT2D eigenvalue weighted by Crippen LogP contribution is 2.18. The molecule has 0 radical (unpaired) electrons. The van der Waals surface area contributed by atoms with Crippen LogP contribution in [0.15, 0.2) is 54.6 Å². The molecule has 0 aliphatic heterocycles. The fourth-order valence-corrected chi connectivity index (χ4v) is 1.64. The molecule has 0 fully saturated rings. The summed E-state index contributed by atoms with van der Waals surface area (Å²) in [6.45, 7) is 0.588. The third kappa shape index (κ3) is 3.08. The lowest BCUT2D eigenvalue weighted by molar-refractivity contribution is 0.897. The molecular formula is C14H15N3. The Morgan fingerprint density at radius 3 is 2.12 bits per heavy atom. The number of benzene rings is 2. The van der Waals surface area contributed by atoms with Gasteiger partial charge in [0.1, 0.15) is 0 Å². The molecule has 4 N–H and O–H groups in total. The molecule has 0 aromatic heterocycles. The van der Waals surface area contributed by atoms with E-state index in [-0.39, 0.29) is 5.96 Å². The third-order valence-electron chi connectivity index (χ3n) is 2.54. The summed E-state index contributed by atoms with van der Waals surface area (Å²) in [6, 6.07) is 18.5. The third-order valence-corrected chi connectivity index (χ3v) is 2.54. The minimum Gasteiger partial charge on any atom is -0.370 e. The highest BCUT2D eigenvalue weighted by Gasteiger charge is 1.97. The van der Waals surface area contributed by atoms with E-state index in [1.54, 1.807) is 0 Å². The second-order valence-corrected chi connectivity index (χ2v) is 3.83. The molecule has 17 heavy (non-hydrogen) atoms. The quantitative estimate of drug-likeness (QED) is 0.554. The van der Waals surface area contributed by atoms with Crippen LogP contribution in [0.3, 0.4) is 0 Å². The maximum Gasteiger partial charge on any atom is 0.185 e. The minimum atomic E-state index is -0.00265. The second kappa shape index (κ2) is 5.16. The molecule has 0 aliphatic carbocycles. The van der Waals surface area contributed by atoms with Crippen LogP contribution in [0.5, 0.6) is 0 Å². The van der Waals surface area contributed by atoms with Gasteiger partial charge >= 0.3 is 0 Å². The normalized spacial score (nSPS) is 9.88. The van der Waals surface area contributed by atoms with E-state index in [2.05, 4.69) is 29.6 Å². The molecular weight excluding hydrogens is 210 g/mol. The van der Waals surface area contributed by atoms with E-state index in [4.69, 9.17) is 11.1 Å². The van der Waals surface area contributed by atoms with Crippen molar-refractivity contribution in [3.05, 3.63) is 60.2 Å². The van der Waals surface area contributed by atoms with Gasteiger partial charge in [-0.05, 0) is 16.7 Å². The van der Waals surface area contributed by atoms with Crippen LogP contribution in [0, 0.1) is 5.41 Å². The average Bonchev–Trinajstić information content (AvgIpc) is 2.38. The van der Waals surface area contributed by atoms with Crippen LogP contribution in [0.1, 0.15) is 5.56 Å². The Morgan fingerprint density at radius 2 is 1.53 bits per heavy atom. The van der Waals surface area contributed by atoms with Crippen molar-refractivity contribution in [1.29, 1.82) is 5.41 Å². The van der Waals surface area contributed by atoms with Crippen molar-refractivity contribution < 1.29 is 0 Å². The highest BCUT2D eigenvalue weighted by molar-refractivity contribution is 5.74. The summed E-state index contributed by atoms with van der Waals surface area (Å²) in [4.78, 5) is 0. The summed E-state index contributed by atoms with van der Waals surface area (Å²) in [5.41, 5.74) is 8.74. The Kier molecular flexibility index (Phi) is 3.40. The van der Waals surface area contributed by atoms with E-state index < -0.39 is 0 Å². The van der Waals surface area contributed by atoms with Gasteiger partial charge in [0.05, 0.1) is 0 Å². The molecule has 0 amide bonds. The first kappa shape index (κ1) is 11.2. The Balaban J connectivity index is 2.11. The summed E-state index contributed by atoms with van der Waals surface area (Å²) in [7, 11) is 0. The Bertz CT molecular complexity index is 489. The van der Waals surface area contributed by atoms with Gasteiger partial charge in [-0.25, -0.2) is 0 Å². The molecule has 0 spiro atoms. The lowest BCUT2D eigenvalue weighted by Crippen LogP contribution is -2.29. The summed E-state index contributed by atoms with van der Waals surface area (Å²) in [6.07, 6.45) is 0. The first-order valence-corrected chi connectivity index (χ1v) is 5.48. The van der Waals surface area contributed by atoms with Crippen molar-refractivity contribution in [2.45, 2.75) is 6.54 Å². The van der Waals surface area contributed by atoms with Crippen LogP contribution in [0.2, 0.25) is 0 Å². The molecule has 0 unspecified atom stereocenters. The molecule has 2 aromatic carbocycles. The summed E-state index contributed by atoms with van der Waals surface area (Å²) < 4.78 is 0. The number of nitrogens with two attached hydrogens (primary N) is 1. The van der Waals surface area contributed by atoms with Crippen LogP contribution in [0.4, 0.5) is 0 Å². The summed E-state index contributed by atoms with van der Waals surface area (Å²) in [5.74, 6) is -0.00265. The standard InChI is InChI=1S/C14H15N3/c15-14(16)17-10-11-6-8-13(9-7-11)12-4-2-1-3-5-12/h1-9H,10H2,(H4,15,16,17). The van der Waals surface area contributed by atoms with E-state index in [9.17, 15) is 0 Å². The van der Waals surface area contributed by atoms with Crippen LogP contribution in [-0.2, 0) is 6.54 Å². The summed E-state index contributed by atoms with van der Waals surface area (Å²) >= 11 is 0. The van der Waals surface area contributed by atoms with Crippen LogP contribution in [-0.4, -0.2) is 5.96 Å². The van der Waals surface area contributed by atoms with Crippen molar-refractivity contribution in [2.24, 2.45) is 5.73 Å². The molecule has 0 bridgehead atoms. The van der Waals surface area contributed by atoms with Crippen molar-refractivity contribution >= 4 is 5.96 Å². The number of guanidine groups is 1. The molecule has 0 aliphatic rings.